The number of esters is 7. The predicted molar refractivity (Wildman–Crippen MR) is 280 cm³/mol. The van der Waals surface area contributed by atoms with E-state index in [1.807, 2.05) is 0 Å². The third-order valence-corrected chi connectivity index (χ3v) is 18.4. The van der Waals surface area contributed by atoms with E-state index in [0.29, 0.717) is 51.6 Å². The van der Waals surface area contributed by atoms with Crippen LogP contribution in [0.5, 0.6) is 0 Å². The second-order valence-corrected chi connectivity index (χ2v) is 25.3. The molecule has 2 heterocycles. The fourth-order valence-electron chi connectivity index (χ4n) is 16.7. The number of hydrogen-bond acceptors (Lipinski definition) is 14. The van der Waals surface area contributed by atoms with Crippen LogP contribution in [0.2, 0.25) is 0 Å². The van der Waals surface area contributed by atoms with E-state index in [9.17, 15) is 28.8 Å². The van der Waals surface area contributed by atoms with Gasteiger partial charge in [-0.15, -0.1) is 0 Å². The molecule has 14 nitrogen and oxygen atoms in total. The number of rotatable bonds is 11. The number of ketones is 1. The quantitative estimate of drug-likeness (QED) is 0.108. The van der Waals surface area contributed by atoms with E-state index >= 15 is 9.59 Å². The van der Waals surface area contributed by atoms with Crippen LogP contribution in [0.25, 0.3) is 0 Å². The molecule has 0 aromatic heterocycles. The van der Waals surface area contributed by atoms with Crippen molar-refractivity contribution in [2.75, 3.05) is 6.61 Å². The van der Waals surface area contributed by atoms with Crippen molar-refractivity contribution in [1.29, 1.82) is 0 Å². The molecule has 12 fully saturated rings. The Kier molecular flexibility index (Phi) is 19.4. The normalized spacial score (nSPS) is 40.1. The number of cyclic esters (lactones) is 3. The number of carbonyl (C=O) groups excluding carboxylic acids is 8. The summed E-state index contributed by atoms with van der Waals surface area (Å²) in [4.78, 5) is 112. The first-order valence-corrected chi connectivity index (χ1v) is 24.7. The van der Waals surface area contributed by atoms with Crippen LogP contribution in [0.1, 0.15) is 205 Å². The molecule has 0 radical (unpaired) electrons. The maximum Gasteiger partial charge on any atom is 0.318 e. The zero-order valence-electron chi connectivity index (χ0n) is 39.4. The lowest BCUT2D eigenvalue weighted by atomic mass is 9.42. The fourth-order valence-corrected chi connectivity index (χ4v) is 16.7. The molecule has 0 spiro atoms. The minimum absolute atomic E-state index is 0. The lowest BCUT2D eigenvalue weighted by Crippen LogP contribution is -2.66. The number of hydrogen-bond donors (Lipinski definition) is 0. The molecule has 73 heavy (non-hydrogen) atoms. The summed E-state index contributed by atoms with van der Waals surface area (Å²) < 4.78 is 36.3. The maximum atomic E-state index is 15.4. The van der Waals surface area contributed by atoms with Gasteiger partial charge in [-0.3, -0.25) is 38.4 Å². The van der Waals surface area contributed by atoms with Gasteiger partial charge in [0.2, 0.25) is 0 Å². The lowest BCUT2D eigenvalue weighted by molar-refractivity contribution is -0.243. The second kappa shape index (κ2) is 21.7. The molecule has 14 unspecified atom stereocenters. The molecule has 10 aliphatic carbocycles. The van der Waals surface area contributed by atoms with E-state index in [0.717, 1.165) is 19.3 Å². The maximum absolute atomic E-state index is 15.4. The van der Waals surface area contributed by atoms with Gasteiger partial charge in [0.05, 0.1) is 47.0 Å². The average Bonchev–Trinajstić information content (AvgIpc) is 3.90. The number of Topliss-reactive ketones (excluding diaryl/α,β-unsaturated/α-hetero) is 1. The van der Waals surface area contributed by atoms with Crippen molar-refractivity contribution in [1.82, 2.24) is 0 Å². The third-order valence-electron chi connectivity index (χ3n) is 18.4. The zero-order valence-corrected chi connectivity index (χ0v) is 39.4. The van der Waals surface area contributed by atoms with E-state index in [1.54, 1.807) is 48.5 Å². The van der Waals surface area contributed by atoms with E-state index < -0.39 is 92.7 Å². The van der Waals surface area contributed by atoms with Gasteiger partial charge in [0.1, 0.15) is 28.2 Å². The van der Waals surface area contributed by atoms with Crippen molar-refractivity contribution in [3.63, 3.8) is 0 Å². The van der Waals surface area contributed by atoms with Crippen LogP contribution in [-0.4, -0.2) is 76.6 Å². The van der Waals surface area contributed by atoms with Crippen LogP contribution >= 0.6 is 0 Å². The van der Waals surface area contributed by atoms with E-state index in [-0.39, 0.29) is 156 Å². The highest BCUT2D eigenvalue weighted by molar-refractivity contribution is 5.99. The Labute approximate surface area is 440 Å². The Balaban J connectivity index is 0.00000228. The molecule has 2 saturated heterocycles. The summed E-state index contributed by atoms with van der Waals surface area (Å²) in [5, 5.41) is 0. The summed E-state index contributed by atoms with van der Waals surface area (Å²) in [5.74, 6) is -8.29. The van der Waals surface area contributed by atoms with Crippen LogP contribution in [0, 0.1) is 93.7 Å². The van der Waals surface area contributed by atoms with Gasteiger partial charge in [-0.05, 0) is 154 Å². The average molecular weight is 1030 g/mol. The van der Waals surface area contributed by atoms with E-state index in [2.05, 4.69) is 6.92 Å². The van der Waals surface area contributed by atoms with Crippen molar-refractivity contribution < 1.29 is 66.8 Å². The highest BCUT2D eigenvalue weighted by atomic mass is 16.6. The Morgan fingerprint density at radius 3 is 1.63 bits per heavy atom. The molecule has 10 saturated carbocycles. The largest absolute Gasteiger partial charge is 0.465 e. The van der Waals surface area contributed by atoms with Crippen molar-refractivity contribution in [3.05, 3.63) is 0 Å². The first-order chi connectivity index (χ1) is 30.3. The van der Waals surface area contributed by atoms with Gasteiger partial charge in [-0.25, -0.2) is 0 Å². The van der Waals surface area contributed by atoms with Gasteiger partial charge in [0, 0.05) is 30.6 Å². The Morgan fingerprint density at radius 2 is 1.12 bits per heavy atom. The molecule has 12 aliphatic rings. The molecular weight excluding hydrogens is 933 g/mol. The molecule has 14 heteroatoms. The lowest BCUT2D eigenvalue weighted by Gasteiger charge is -2.63. The van der Waals surface area contributed by atoms with Gasteiger partial charge >= 0.3 is 41.8 Å². The second-order valence-electron chi connectivity index (χ2n) is 25.3. The fraction of sp³-hybridized carbons (Fsp3) is 0.864. The Morgan fingerprint density at radius 1 is 0.603 bits per heavy atom. The van der Waals surface area contributed by atoms with Crippen LogP contribution in [-0.2, 0) is 66.8 Å². The van der Waals surface area contributed by atoms with Crippen LogP contribution in [0.3, 0.4) is 0 Å². The van der Waals surface area contributed by atoms with Crippen LogP contribution in [0.4, 0.5) is 0 Å². The van der Waals surface area contributed by atoms with E-state index in [4.69, 9.17) is 28.4 Å². The molecular formula is C59H100O14. The summed E-state index contributed by atoms with van der Waals surface area (Å²) in [5.41, 5.74) is -6.07. The first kappa shape index (κ1) is 65.3. The summed E-state index contributed by atoms with van der Waals surface area (Å²) >= 11 is 0. The van der Waals surface area contributed by atoms with Crippen LogP contribution in [0.15, 0.2) is 0 Å². The molecule has 2 aliphatic heterocycles. The smallest absolute Gasteiger partial charge is 0.318 e. The molecule has 0 N–H and O–H groups in total. The summed E-state index contributed by atoms with van der Waals surface area (Å²) in [6, 6.07) is 0. The van der Waals surface area contributed by atoms with Crippen molar-refractivity contribution >= 4 is 47.6 Å². The Bertz CT molecular complexity index is 2050. The molecule has 420 valence electrons. The highest BCUT2D eigenvalue weighted by Gasteiger charge is 2.72. The molecule has 0 amide bonds. The predicted octanol–water partition coefficient (Wildman–Crippen LogP) is 11.7. The van der Waals surface area contributed by atoms with Crippen molar-refractivity contribution in [2.24, 2.45) is 93.7 Å². The van der Waals surface area contributed by atoms with Crippen LogP contribution < -0.4 is 0 Å². The topological polar surface area (TPSA) is 192 Å². The molecule has 0 aromatic carbocycles. The first-order valence-electron chi connectivity index (χ1n) is 24.7. The minimum Gasteiger partial charge on any atom is -0.465 e. The Hall–Kier alpha value is -3.84. The standard InChI is InChI=1S/C51H68O14.8CH4/c1-24-31(33-13-32(24)37-35(33)20-60-42(37)56)11-28(40(54)62-50-16-26-9-29(18-50)38(52)30(10-26)19-50)12-34(36-25(2)39(53)61-43(36)57)41(55)63-51-17-27-14-48(22-51,44(58)64-46(3,4)5)21-49(15-27,23-51)45(59)65-47(6,7)8;;;;;;;;/h24-37H,9-23H2,1-8H3;8*1H4. The van der Waals surface area contributed by atoms with Gasteiger partial charge < -0.3 is 28.4 Å². The number of carbonyl (C=O) groups is 8. The molecule has 10 bridgehead atoms. The van der Waals surface area contributed by atoms with E-state index in [1.165, 1.54) is 0 Å². The third kappa shape index (κ3) is 10.9. The van der Waals surface area contributed by atoms with Crippen molar-refractivity contribution in [2.45, 2.75) is 227 Å². The SMILES string of the molecule is C.C.C.C.C.C.C.C.CC1C(=O)OC(=O)C1C(CC(CC1C(C)C2CC1C1COC(=O)C21)C(=O)OC12CC3CC(C1)C(=O)C(C3)C2)C(=O)OC12CC3CC(C(=O)OC(C)(C)C)(C1)CC(C(=O)OC(C)(C)C)(C3)C2. The summed E-state index contributed by atoms with van der Waals surface area (Å²) in [7, 11) is 0. The monoisotopic (exact) mass is 1030 g/mol. The highest BCUT2D eigenvalue weighted by Crippen LogP contribution is 2.69. The van der Waals surface area contributed by atoms with Gasteiger partial charge in [0.15, 0.2) is 0 Å². The molecule has 0 aromatic rings. The molecule has 14 atom stereocenters. The summed E-state index contributed by atoms with van der Waals surface area (Å²) in [6.45, 7) is 14.8. The number of fused-ring (bicyclic) bond motifs is 5. The number of ether oxygens (including phenoxy) is 6. The molecule has 12 rings (SSSR count). The summed E-state index contributed by atoms with van der Waals surface area (Å²) in [6.07, 6.45) is 5.94. The van der Waals surface area contributed by atoms with Crippen molar-refractivity contribution in [3.8, 4) is 0 Å². The van der Waals surface area contributed by atoms with Gasteiger partial charge in [-0.2, -0.15) is 0 Å². The van der Waals surface area contributed by atoms with Gasteiger partial charge in [0.25, 0.3) is 0 Å². The minimum atomic E-state index is -1.32. The van der Waals surface area contributed by atoms with Gasteiger partial charge in [-0.1, -0.05) is 73.3 Å². The zero-order chi connectivity index (χ0) is 46.6.